The lowest BCUT2D eigenvalue weighted by atomic mass is 9.92. The highest BCUT2D eigenvalue weighted by atomic mass is 35.5. The summed E-state index contributed by atoms with van der Waals surface area (Å²) in [6.07, 6.45) is -1.46. The van der Waals surface area contributed by atoms with Gasteiger partial charge in [-0.1, -0.05) is 17.7 Å². The number of rotatable bonds is 6. The van der Waals surface area contributed by atoms with Gasteiger partial charge in [-0.3, -0.25) is 4.79 Å². The minimum atomic E-state index is -4.69. The second kappa shape index (κ2) is 9.02. The van der Waals surface area contributed by atoms with Crippen molar-refractivity contribution in [3.8, 4) is 5.88 Å². The van der Waals surface area contributed by atoms with Gasteiger partial charge in [-0.2, -0.15) is 13.2 Å². The summed E-state index contributed by atoms with van der Waals surface area (Å²) in [7, 11) is 1.42. The highest BCUT2D eigenvalue weighted by molar-refractivity contribution is 6.32. The lowest BCUT2D eigenvalue weighted by Gasteiger charge is -2.17. The Hall–Kier alpha value is -3.13. The van der Waals surface area contributed by atoms with Crippen LogP contribution in [0, 0.1) is 5.82 Å². The van der Waals surface area contributed by atoms with Crippen molar-refractivity contribution in [2.75, 3.05) is 12.4 Å². The average Bonchev–Trinajstić information content (AvgIpc) is 3.60. The Morgan fingerprint density at radius 2 is 1.91 bits per heavy atom. The molecule has 0 aliphatic heterocycles. The first-order valence-electron chi connectivity index (χ1n) is 10.1. The lowest BCUT2D eigenvalue weighted by molar-refractivity contribution is -0.137. The number of carbonyl (C=O) groups is 1. The summed E-state index contributed by atoms with van der Waals surface area (Å²) >= 11 is 5.92. The van der Waals surface area contributed by atoms with Crippen LogP contribution in [-0.2, 0) is 12.6 Å². The molecule has 4 nitrogen and oxygen atoms in total. The number of hydrogen-bond acceptors (Lipinski definition) is 3. The summed E-state index contributed by atoms with van der Waals surface area (Å²) < 4.78 is 59.5. The average molecular weight is 479 g/mol. The van der Waals surface area contributed by atoms with E-state index in [-0.39, 0.29) is 29.3 Å². The van der Waals surface area contributed by atoms with Gasteiger partial charge in [-0.15, -0.1) is 0 Å². The topological polar surface area (TPSA) is 51.2 Å². The van der Waals surface area contributed by atoms with Gasteiger partial charge < -0.3 is 10.1 Å². The molecule has 2 aromatic carbocycles. The van der Waals surface area contributed by atoms with Crippen molar-refractivity contribution < 1.29 is 27.1 Å². The lowest BCUT2D eigenvalue weighted by Crippen LogP contribution is -2.17. The van der Waals surface area contributed by atoms with E-state index in [1.807, 2.05) is 0 Å². The number of methoxy groups -OCH3 is 1. The van der Waals surface area contributed by atoms with Gasteiger partial charge in [0.25, 0.3) is 5.91 Å². The predicted octanol–water partition coefficient (Wildman–Crippen LogP) is 6.62. The van der Waals surface area contributed by atoms with Gasteiger partial charge in [-0.25, -0.2) is 9.37 Å². The van der Waals surface area contributed by atoms with Crippen molar-refractivity contribution in [1.29, 1.82) is 0 Å². The van der Waals surface area contributed by atoms with Crippen LogP contribution in [0.5, 0.6) is 5.88 Å². The van der Waals surface area contributed by atoms with Crippen LogP contribution in [0.2, 0.25) is 5.02 Å². The standard InChI is InChI=1S/C24H19ClF4N2O2/c1-33-22-11-17(6-7-30-22)31-23(32)19-12-21(25)20(24(27,28)29)9-15(19)8-14-4-5-16(26)10-18(14)13-2-3-13/h4-7,9-13H,2-3,8H2,1H3,(H,30,31,32). The zero-order valence-electron chi connectivity index (χ0n) is 17.5. The number of alkyl halides is 3. The number of halogens is 5. The number of ether oxygens (including phenoxy) is 1. The molecular formula is C24H19ClF4N2O2. The van der Waals surface area contributed by atoms with E-state index in [9.17, 15) is 22.4 Å². The molecule has 1 N–H and O–H groups in total. The molecule has 1 aliphatic carbocycles. The third kappa shape index (κ3) is 5.27. The van der Waals surface area contributed by atoms with Crippen molar-refractivity contribution >= 4 is 23.2 Å². The molecule has 0 bridgehead atoms. The van der Waals surface area contributed by atoms with Crippen LogP contribution in [0.25, 0.3) is 0 Å². The summed E-state index contributed by atoms with van der Waals surface area (Å²) in [6, 6.07) is 9.16. The molecule has 1 saturated carbocycles. The summed E-state index contributed by atoms with van der Waals surface area (Å²) in [5.74, 6) is -0.605. The minimum absolute atomic E-state index is 0.00477. The molecule has 0 spiro atoms. The third-order valence-electron chi connectivity index (χ3n) is 5.45. The Morgan fingerprint density at radius 1 is 1.15 bits per heavy atom. The number of carbonyl (C=O) groups excluding carboxylic acids is 1. The third-order valence-corrected chi connectivity index (χ3v) is 5.76. The summed E-state index contributed by atoms with van der Waals surface area (Å²) in [5, 5.41) is 2.07. The van der Waals surface area contributed by atoms with Crippen LogP contribution in [0.15, 0.2) is 48.7 Å². The molecule has 1 heterocycles. The van der Waals surface area contributed by atoms with Crippen molar-refractivity contribution in [1.82, 2.24) is 4.98 Å². The number of anilines is 1. The van der Waals surface area contributed by atoms with Crippen molar-refractivity contribution in [3.63, 3.8) is 0 Å². The number of nitrogens with zero attached hydrogens (tertiary/aromatic N) is 1. The van der Waals surface area contributed by atoms with Gasteiger partial charge in [-0.05, 0) is 72.2 Å². The first kappa shape index (κ1) is 23.0. The van der Waals surface area contributed by atoms with Crippen LogP contribution in [0.1, 0.15) is 51.4 Å². The van der Waals surface area contributed by atoms with Crippen LogP contribution >= 0.6 is 11.6 Å². The maximum Gasteiger partial charge on any atom is 0.417 e. The van der Waals surface area contributed by atoms with Gasteiger partial charge in [0.05, 0.1) is 17.7 Å². The number of hydrogen-bond donors (Lipinski definition) is 1. The Morgan fingerprint density at radius 3 is 2.58 bits per heavy atom. The number of amides is 1. The van der Waals surface area contributed by atoms with E-state index < -0.39 is 28.5 Å². The van der Waals surface area contributed by atoms with Crippen LogP contribution in [-0.4, -0.2) is 18.0 Å². The fourth-order valence-corrected chi connectivity index (χ4v) is 3.97. The summed E-state index contributed by atoms with van der Waals surface area (Å²) in [6.45, 7) is 0. The highest BCUT2D eigenvalue weighted by Crippen LogP contribution is 2.43. The quantitative estimate of drug-likeness (QED) is 0.405. The normalized spacial score (nSPS) is 13.6. The molecule has 1 aromatic heterocycles. The SMILES string of the molecule is COc1cc(NC(=O)c2cc(Cl)c(C(F)(F)F)cc2Cc2ccc(F)cc2C2CC2)ccn1. The molecule has 1 aliphatic rings. The molecule has 0 radical (unpaired) electrons. The maximum absolute atomic E-state index is 13.8. The van der Waals surface area contributed by atoms with Crippen molar-refractivity contribution in [2.45, 2.75) is 31.4 Å². The van der Waals surface area contributed by atoms with Crippen molar-refractivity contribution in [2.24, 2.45) is 0 Å². The zero-order chi connectivity index (χ0) is 23.8. The molecule has 0 atom stereocenters. The molecule has 172 valence electrons. The summed E-state index contributed by atoms with van der Waals surface area (Å²) in [4.78, 5) is 17.0. The Labute approximate surface area is 192 Å². The van der Waals surface area contributed by atoms with E-state index >= 15 is 0 Å². The molecule has 0 unspecified atom stereocenters. The molecule has 4 rings (SSSR count). The largest absolute Gasteiger partial charge is 0.481 e. The molecule has 1 fully saturated rings. The van der Waals surface area contributed by atoms with E-state index in [1.54, 1.807) is 6.07 Å². The van der Waals surface area contributed by atoms with Gasteiger partial charge in [0.2, 0.25) is 5.88 Å². The first-order chi connectivity index (χ1) is 15.7. The maximum atomic E-state index is 13.8. The van der Waals surface area contributed by atoms with E-state index in [2.05, 4.69) is 10.3 Å². The monoisotopic (exact) mass is 478 g/mol. The van der Waals surface area contributed by atoms with E-state index in [0.29, 0.717) is 11.3 Å². The van der Waals surface area contributed by atoms with Gasteiger partial charge in [0.1, 0.15) is 5.82 Å². The van der Waals surface area contributed by atoms with Crippen LogP contribution < -0.4 is 10.1 Å². The summed E-state index contributed by atoms with van der Waals surface area (Å²) in [5.41, 5.74) is 0.886. The van der Waals surface area contributed by atoms with E-state index in [0.717, 1.165) is 30.5 Å². The number of nitrogens with one attached hydrogen (secondary N) is 1. The number of benzene rings is 2. The van der Waals surface area contributed by atoms with Gasteiger partial charge in [0, 0.05) is 23.5 Å². The Balaban J connectivity index is 1.75. The fourth-order valence-electron chi connectivity index (χ4n) is 3.70. The minimum Gasteiger partial charge on any atom is -0.481 e. The molecule has 3 aromatic rings. The van der Waals surface area contributed by atoms with E-state index in [4.69, 9.17) is 16.3 Å². The zero-order valence-corrected chi connectivity index (χ0v) is 18.2. The predicted molar refractivity (Wildman–Crippen MR) is 116 cm³/mol. The molecule has 0 saturated heterocycles. The molecular weight excluding hydrogens is 460 g/mol. The van der Waals surface area contributed by atoms with E-state index in [1.165, 1.54) is 37.6 Å². The van der Waals surface area contributed by atoms with Crippen molar-refractivity contribution in [3.05, 3.63) is 87.3 Å². The second-order valence-corrected chi connectivity index (χ2v) is 8.23. The molecule has 9 heteroatoms. The van der Waals surface area contributed by atoms with Crippen LogP contribution in [0.4, 0.5) is 23.2 Å². The Kier molecular flexibility index (Phi) is 6.30. The van der Waals surface area contributed by atoms with Gasteiger partial charge in [0.15, 0.2) is 0 Å². The Bertz CT molecular complexity index is 1210. The number of aromatic nitrogens is 1. The molecule has 33 heavy (non-hydrogen) atoms. The second-order valence-electron chi connectivity index (χ2n) is 7.82. The highest BCUT2D eigenvalue weighted by Gasteiger charge is 2.35. The first-order valence-corrected chi connectivity index (χ1v) is 10.5. The molecule has 1 amide bonds. The smallest absolute Gasteiger partial charge is 0.417 e. The number of pyridine rings is 1. The van der Waals surface area contributed by atoms with Crippen LogP contribution in [0.3, 0.4) is 0 Å². The van der Waals surface area contributed by atoms with Gasteiger partial charge >= 0.3 is 6.18 Å². The fraction of sp³-hybridized carbons (Fsp3) is 0.250.